The monoisotopic (exact) mass is 322 g/mol. The fourth-order valence-corrected chi connectivity index (χ4v) is 2.28. The number of nitrogens with zero attached hydrogens (tertiary/aromatic N) is 2. The number of halogens is 2. The first-order valence-electron chi connectivity index (χ1n) is 7.28. The lowest BCUT2D eigenvalue weighted by Gasteiger charge is -2.14. The number of aryl methyl sites for hydroxylation is 2. The number of rotatable bonds is 5. The molecule has 0 aliphatic rings. The molecule has 124 valence electrons. The molecule has 1 atom stereocenters. The van der Waals surface area contributed by atoms with E-state index in [-0.39, 0.29) is 18.5 Å². The molecule has 0 bridgehead atoms. The van der Waals surface area contributed by atoms with Crippen molar-refractivity contribution in [2.24, 2.45) is 7.05 Å². The van der Waals surface area contributed by atoms with E-state index in [1.54, 1.807) is 18.7 Å². The quantitative estimate of drug-likeness (QED) is 0.889. The van der Waals surface area contributed by atoms with Crippen molar-refractivity contribution in [1.82, 2.24) is 15.1 Å². The molecule has 2 aromatic rings. The Balaban J connectivity index is 1.94. The molecule has 1 aromatic heterocycles. The van der Waals surface area contributed by atoms with Crippen LogP contribution in [0, 0.1) is 25.5 Å². The number of hydrogen-bond acceptors (Lipinski definition) is 3. The predicted molar refractivity (Wildman–Crippen MR) is 84.1 cm³/mol. The van der Waals surface area contributed by atoms with E-state index in [0.29, 0.717) is 11.3 Å². The number of amides is 1. The van der Waals surface area contributed by atoms with E-state index in [2.05, 4.69) is 15.7 Å². The second kappa shape index (κ2) is 6.87. The van der Waals surface area contributed by atoms with Crippen molar-refractivity contribution < 1.29 is 13.6 Å². The van der Waals surface area contributed by atoms with Gasteiger partial charge in [0, 0.05) is 13.1 Å². The Labute approximate surface area is 133 Å². The molecule has 5 nitrogen and oxygen atoms in total. The van der Waals surface area contributed by atoms with Crippen LogP contribution in [0.15, 0.2) is 18.2 Å². The number of carbonyl (C=O) groups excluding carboxylic acids is 1. The molecule has 0 saturated carbocycles. The van der Waals surface area contributed by atoms with Gasteiger partial charge in [-0.3, -0.25) is 9.48 Å². The Morgan fingerprint density at radius 3 is 2.57 bits per heavy atom. The highest BCUT2D eigenvalue weighted by Gasteiger charge is 2.14. The maximum atomic E-state index is 13.2. The van der Waals surface area contributed by atoms with E-state index in [1.165, 1.54) is 6.07 Å². The van der Waals surface area contributed by atoms with Gasteiger partial charge in [0.05, 0.1) is 23.6 Å². The smallest absolute Gasteiger partial charge is 0.238 e. The number of nitrogens with one attached hydrogen (secondary N) is 2. The highest BCUT2D eigenvalue weighted by atomic mass is 19.2. The van der Waals surface area contributed by atoms with Gasteiger partial charge in [0.15, 0.2) is 11.6 Å². The van der Waals surface area contributed by atoms with Gasteiger partial charge in [0.25, 0.3) is 0 Å². The number of anilines is 1. The summed E-state index contributed by atoms with van der Waals surface area (Å²) < 4.78 is 27.9. The predicted octanol–water partition coefficient (Wildman–Crippen LogP) is 2.60. The molecule has 0 fully saturated rings. The van der Waals surface area contributed by atoms with Gasteiger partial charge < -0.3 is 10.6 Å². The Hall–Kier alpha value is -2.28. The third kappa shape index (κ3) is 3.92. The Bertz CT molecular complexity index is 727. The number of benzene rings is 1. The van der Waals surface area contributed by atoms with Crippen molar-refractivity contribution in [3.63, 3.8) is 0 Å². The zero-order valence-corrected chi connectivity index (χ0v) is 13.6. The van der Waals surface area contributed by atoms with E-state index >= 15 is 0 Å². The molecule has 0 unspecified atom stereocenters. The van der Waals surface area contributed by atoms with E-state index < -0.39 is 11.6 Å². The SMILES string of the molecule is Cc1nn(C)c(C)c1NC(=O)CN[C@H](C)c1ccc(F)c(F)c1. The second-order valence-electron chi connectivity index (χ2n) is 5.49. The molecule has 1 amide bonds. The Morgan fingerprint density at radius 2 is 2.00 bits per heavy atom. The fraction of sp³-hybridized carbons (Fsp3) is 0.375. The summed E-state index contributed by atoms with van der Waals surface area (Å²) in [6.07, 6.45) is 0. The van der Waals surface area contributed by atoms with Gasteiger partial charge in [0.1, 0.15) is 0 Å². The summed E-state index contributed by atoms with van der Waals surface area (Å²) in [5.74, 6) is -2.01. The van der Waals surface area contributed by atoms with Crippen molar-refractivity contribution in [3.05, 3.63) is 46.8 Å². The van der Waals surface area contributed by atoms with E-state index in [4.69, 9.17) is 0 Å². The molecule has 23 heavy (non-hydrogen) atoms. The molecule has 1 aromatic carbocycles. The van der Waals surface area contributed by atoms with Gasteiger partial charge in [-0.2, -0.15) is 5.10 Å². The first kappa shape index (κ1) is 17.1. The minimum Gasteiger partial charge on any atom is -0.322 e. The average molecular weight is 322 g/mol. The summed E-state index contributed by atoms with van der Waals surface area (Å²) in [5.41, 5.74) is 2.88. The van der Waals surface area contributed by atoms with Crippen LogP contribution in [-0.4, -0.2) is 22.2 Å². The van der Waals surface area contributed by atoms with E-state index in [0.717, 1.165) is 23.5 Å². The van der Waals surface area contributed by atoms with Crippen LogP contribution in [0.25, 0.3) is 0 Å². The highest BCUT2D eigenvalue weighted by molar-refractivity contribution is 5.93. The van der Waals surface area contributed by atoms with Gasteiger partial charge in [-0.25, -0.2) is 8.78 Å². The number of aromatic nitrogens is 2. The normalized spacial score (nSPS) is 12.3. The van der Waals surface area contributed by atoms with Crippen molar-refractivity contribution in [1.29, 1.82) is 0 Å². The lowest BCUT2D eigenvalue weighted by molar-refractivity contribution is -0.115. The van der Waals surface area contributed by atoms with Crippen molar-refractivity contribution in [3.8, 4) is 0 Å². The van der Waals surface area contributed by atoms with Crippen LogP contribution in [0.3, 0.4) is 0 Å². The van der Waals surface area contributed by atoms with Crippen LogP contribution < -0.4 is 10.6 Å². The van der Waals surface area contributed by atoms with Gasteiger partial charge in [-0.15, -0.1) is 0 Å². The standard InChI is InChI=1S/C16H20F2N4O/c1-9(12-5-6-13(17)14(18)7-12)19-8-15(23)20-16-10(2)21-22(4)11(16)3/h5-7,9,19H,8H2,1-4H3,(H,20,23)/t9-/m1/s1. The summed E-state index contributed by atoms with van der Waals surface area (Å²) in [5, 5.41) is 10.0. The van der Waals surface area contributed by atoms with Crippen LogP contribution >= 0.6 is 0 Å². The molecular weight excluding hydrogens is 302 g/mol. The maximum Gasteiger partial charge on any atom is 0.238 e. The molecular formula is C16H20F2N4O. The molecule has 2 N–H and O–H groups in total. The molecule has 7 heteroatoms. The summed E-state index contributed by atoms with van der Waals surface area (Å²) >= 11 is 0. The zero-order chi connectivity index (χ0) is 17.1. The minimum atomic E-state index is -0.901. The molecule has 0 spiro atoms. The summed E-state index contributed by atoms with van der Waals surface area (Å²) in [6.45, 7) is 5.52. The molecule has 0 radical (unpaired) electrons. The van der Waals surface area contributed by atoms with Crippen LogP contribution in [0.5, 0.6) is 0 Å². The van der Waals surface area contributed by atoms with Gasteiger partial charge >= 0.3 is 0 Å². The largest absolute Gasteiger partial charge is 0.322 e. The number of hydrogen-bond donors (Lipinski definition) is 2. The van der Waals surface area contributed by atoms with Gasteiger partial charge in [-0.05, 0) is 38.5 Å². The zero-order valence-electron chi connectivity index (χ0n) is 13.6. The Kier molecular flexibility index (Phi) is 5.10. The number of carbonyl (C=O) groups is 1. The van der Waals surface area contributed by atoms with E-state index in [9.17, 15) is 13.6 Å². The molecule has 1 heterocycles. The second-order valence-corrected chi connectivity index (χ2v) is 5.49. The van der Waals surface area contributed by atoms with Crippen molar-refractivity contribution in [2.45, 2.75) is 26.8 Å². The summed E-state index contributed by atoms with van der Waals surface area (Å²) in [6, 6.07) is 3.40. The first-order chi connectivity index (χ1) is 10.8. The molecule has 0 aliphatic carbocycles. The lowest BCUT2D eigenvalue weighted by atomic mass is 10.1. The fourth-order valence-electron chi connectivity index (χ4n) is 2.28. The van der Waals surface area contributed by atoms with Crippen molar-refractivity contribution in [2.75, 3.05) is 11.9 Å². The topological polar surface area (TPSA) is 59.0 Å². The lowest BCUT2D eigenvalue weighted by Crippen LogP contribution is -2.30. The third-order valence-corrected chi connectivity index (χ3v) is 3.79. The maximum absolute atomic E-state index is 13.2. The summed E-state index contributed by atoms with van der Waals surface area (Å²) in [7, 11) is 1.81. The first-order valence-corrected chi connectivity index (χ1v) is 7.28. The highest BCUT2D eigenvalue weighted by Crippen LogP contribution is 2.18. The molecule has 0 aliphatic heterocycles. The minimum absolute atomic E-state index is 0.0495. The van der Waals surface area contributed by atoms with E-state index in [1.807, 2.05) is 13.8 Å². The Morgan fingerprint density at radius 1 is 1.30 bits per heavy atom. The van der Waals surface area contributed by atoms with Crippen LogP contribution in [0.2, 0.25) is 0 Å². The van der Waals surface area contributed by atoms with Gasteiger partial charge in [-0.1, -0.05) is 6.07 Å². The summed E-state index contributed by atoms with van der Waals surface area (Å²) in [4.78, 5) is 12.0. The van der Waals surface area contributed by atoms with Crippen LogP contribution in [0.4, 0.5) is 14.5 Å². The van der Waals surface area contributed by atoms with Crippen molar-refractivity contribution >= 4 is 11.6 Å². The van der Waals surface area contributed by atoms with Gasteiger partial charge in [0.2, 0.25) is 5.91 Å². The third-order valence-electron chi connectivity index (χ3n) is 3.79. The molecule has 0 saturated heterocycles. The average Bonchev–Trinajstić information content (AvgIpc) is 2.74. The van der Waals surface area contributed by atoms with Crippen LogP contribution in [0.1, 0.15) is 29.9 Å². The van der Waals surface area contributed by atoms with Crippen LogP contribution in [-0.2, 0) is 11.8 Å². The molecule has 2 rings (SSSR count).